The third-order valence-electron chi connectivity index (χ3n) is 4.24. The van der Waals surface area contributed by atoms with E-state index in [1.165, 1.54) is 0 Å². The van der Waals surface area contributed by atoms with Gasteiger partial charge in [-0.25, -0.2) is 4.79 Å². The lowest BCUT2D eigenvalue weighted by Gasteiger charge is -2.10. The van der Waals surface area contributed by atoms with Gasteiger partial charge in [0.15, 0.2) is 6.61 Å². The smallest absolute Gasteiger partial charge is 0.338 e. The Kier molecular flexibility index (Phi) is 6.63. The highest BCUT2D eigenvalue weighted by Gasteiger charge is 2.09. The molecule has 28 heavy (non-hydrogen) atoms. The van der Waals surface area contributed by atoms with Crippen LogP contribution in [0.25, 0.3) is 10.8 Å². The highest BCUT2D eigenvalue weighted by atomic mass is 16.5. The summed E-state index contributed by atoms with van der Waals surface area (Å²) in [7, 11) is 0. The maximum atomic E-state index is 12.2. The molecule has 0 aromatic heterocycles. The Bertz CT molecular complexity index is 945. The van der Waals surface area contributed by atoms with Crippen LogP contribution in [-0.4, -0.2) is 25.1 Å². The summed E-state index contributed by atoms with van der Waals surface area (Å²) in [6.45, 7) is 2.35. The molecule has 3 aromatic carbocycles. The average Bonchev–Trinajstić information content (AvgIpc) is 2.73. The topological polar surface area (TPSA) is 64.6 Å². The quantitative estimate of drug-likeness (QED) is 0.452. The van der Waals surface area contributed by atoms with E-state index in [0.29, 0.717) is 23.6 Å². The number of nitrogens with one attached hydrogen (secondary N) is 1. The Labute approximate surface area is 164 Å². The van der Waals surface area contributed by atoms with Crippen molar-refractivity contribution in [2.75, 3.05) is 18.5 Å². The van der Waals surface area contributed by atoms with Gasteiger partial charge in [-0.05, 0) is 42.1 Å². The number of esters is 1. The summed E-state index contributed by atoms with van der Waals surface area (Å²) in [6, 6.07) is 20.2. The number of carbonyl (C=O) groups excluding carboxylic acids is 2. The van der Waals surface area contributed by atoms with Crippen molar-refractivity contribution in [1.29, 1.82) is 0 Å². The molecule has 0 atom stereocenters. The van der Waals surface area contributed by atoms with Gasteiger partial charge in [0.25, 0.3) is 5.91 Å². The zero-order chi connectivity index (χ0) is 19.8. The van der Waals surface area contributed by atoms with E-state index >= 15 is 0 Å². The molecule has 5 nitrogen and oxygen atoms in total. The van der Waals surface area contributed by atoms with E-state index < -0.39 is 0 Å². The van der Waals surface area contributed by atoms with E-state index in [1.54, 1.807) is 24.3 Å². The summed E-state index contributed by atoms with van der Waals surface area (Å²) in [5.74, 6) is 0.0373. The summed E-state index contributed by atoms with van der Waals surface area (Å²) in [4.78, 5) is 24.1. The maximum Gasteiger partial charge on any atom is 0.338 e. The summed E-state index contributed by atoms with van der Waals surface area (Å²) in [6.07, 6.45) is 1.82. The molecule has 5 heteroatoms. The number of hydrogen-bond donors (Lipinski definition) is 1. The number of amides is 1. The molecule has 0 saturated heterocycles. The first kappa shape index (κ1) is 19.4. The molecule has 1 N–H and O–H groups in total. The van der Waals surface area contributed by atoms with Gasteiger partial charge in [-0.2, -0.15) is 0 Å². The van der Waals surface area contributed by atoms with Gasteiger partial charge in [0, 0.05) is 11.1 Å². The molecular formula is C23H23NO4. The number of hydrogen-bond acceptors (Lipinski definition) is 4. The maximum absolute atomic E-state index is 12.2. The number of benzene rings is 3. The minimum Gasteiger partial charge on any atom is -0.483 e. The van der Waals surface area contributed by atoms with Gasteiger partial charge in [0.2, 0.25) is 0 Å². The van der Waals surface area contributed by atoms with Crippen LogP contribution in [0.15, 0.2) is 66.7 Å². The van der Waals surface area contributed by atoms with Gasteiger partial charge < -0.3 is 14.8 Å². The number of carbonyl (C=O) groups is 2. The molecule has 0 bridgehead atoms. The van der Waals surface area contributed by atoms with Gasteiger partial charge in [0.05, 0.1) is 12.2 Å². The predicted octanol–water partition coefficient (Wildman–Crippen LogP) is 4.81. The second-order valence-electron chi connectivity index (χ2n) is 6.38. The molecule has 3 aromatic rings. The van der Waals surface area contributed by atoms with Crippen LogP contribution < -0.4 is 10.1 Å². The lowest BCUT2D eigenvalue weighted by atomic mass is 10.1. The Balaban J connectivity index is 1.54. The molecule has 0 fully saturated rings. The predicted molar refractivity (Wildman–Crippen MR) is 110 cm³/mol. The summed E-state index contributed by atoms with van der Waals surface area (Å²) in [5.41, 5.74) is 1.05. The van der Waals surface area contributed by atoms with Crippen molar-refractivity contribution in [2.45, 2.75) is 19.8 Å². The second kappa shape index (κ2) is 9.55. The Morgan fingerprint density at radius 3 is 2.46 bits per heavy atom. The number of unbranched alkanes of at least 4 members (excludes halogenated alkanes) is 1. The van der Waals surface area contributed by atoms with Gasteiger partial charge in [-0.1, -0.05) is 49.7 Å². The van der Waals surface area contributed by atoms with Crippen LogP contribution in [-0.2, 0) is 9.53 Å². The Hall–Kier alpha value is -3.34. The van der Waals surface area contributed by atoms with Crippen LogP contribution in [0.2, 0.25) is 0 Å². The lowest BCUT2D eigenvalue weighted by Crippen LogP contribution is -2.20. The molecule has 144 valence electrons. The first-order valence-corrected chi connectivity index (χ1v) is 9.35. The van der Waals surface area contributed by atoms with Crippen LogP contribution in [0.5, 0.6) is 5.75 Å². The standard InChI is InChI=1S/C23H23NO4/c1-2-3-15-27-23(26)18-11-13-19(14-12-18)24-22(25)16-28-21-10-6-8-17-7-4-5-9-20(17)21/h4-14H,2-3,15-16H2,1H3,(H,24,25). The van der Waals surface area contributed by atoms with Gasteiger partial charge in [-0.3, -0.25) is 4.79 Å². The van der Waals surface area contributed by atoms with Crippen LogP contribution in [0, 0.1) is 0 Å². The van der Waals surface area contributed by atoms with Crippen molar-refractivity contribution in [3.8, 4) is 5.75 Å². The fourth-order valence-electron chi connectivity index (χ4n) is 2.74. The van der Waals surface area contributed by atoms with Crippen molar-refractivity contribution >= 4 is 28.3 Å². The fourth-order valence-corrected chi connectivity index (χ4v) is 2.74. The van der Waals surface area contributed by atoms with Crippen LogP contribution in [0.3, 0.4) is 0 Å². The number of rotatable bonds is 8. The van der Waals surface area contributed by atoms with Gasteiger partial charge in [0.1, 0.15) is 5.75 Å². The average molecular weight is 377 g/mol. The van der Waals surface area contributed by atoms with Gasteiger partial charge >= 0.3 is 5.97 Å². The van der Waals surface area contributed by atoms with Crippen molar-refractivity contribution < 1.29 is 19.1 Å². The minimum atomic E-state index is -0.356. The van der Waals surface area contributed by atoms with E-state index in [9.17, 15) is 9.59 Å². The second-order valence-corrected chi connectivity index (χ2v) is 6.38. The number of fused-ring (bicyclic) bond motifs is 1. The first-order valence-electron chi connectivity index (χ1n) is 9.35. The third-order valence-corrected chi connectivity index (χ3v) is 4.24. The highest BCUT2D eigenvalue weighted by molar-refractivity contribution is 5.94. The Morgan fingerprint density at radius 2 is 1.68 bits per heavy atom. The summed E-state index contributed by atoms with van der Waals surface area (Å²) < 4.78 is 10.8. The van der Waals surface area contributed by atoms with Crippen LogP contribution in [0.1, 0.15) is 30.1 Å². The molecule has 0 aliphatic heterocycles. The number of ether oxygens (including phenoxy) is 2. The highest BCUT2D eigenvalue weighted by Crippen LogP contribution is 2.25. The van der Waals surface area contributed by atoms with Crippen LogP contribution in [0.4, 0.5) is 5.69 Å². The van der Waals surface area contributed by atoms with E-state index in [1.807, 2.05) is 49.4 Å². The van der Waals surface area contributed by atoms with E-state index in [4.69, 9.17) is 9.47 Å². The summed E-state index contributed by atoms with van der Waals surface area (Å²) >= 11 is 0. The van der Waals surface area contributed by atoms with E-state index in [-0.39, 0.29) is 18.5 Å². The molecule has 0 saturated carbocycles. The third kappa shape index (κ3) is 5.10. The molecule has 0 aliphatic carbocycles. The van der Waals surface area contributed by atoms with Crippen molar-refractivity contribution in [2.24, 2.45) is 0 Å². The van der Waals surface area contributed by atoms with Gasteiger partial charge in [-0.15, -0.1) is 0 Å². The summed E-state index contributed by atoms with van der Waals surface area (Å²) in [5, 5.41) is 4.78. The first-order chi connectivity index (χ1) is 13.7. The van der Waals surface area contributed by atoms with E-state index in [0.717, 1.165) is 23.6 Å². The number of anilines is 1. The molecule has 0 unspecified atom stereocenters. The minimum absolute atomic E-state index is 0.102. The normalized spacial score (nSPS) is 10.5. The monoisotopic (exact) mass is 377 g/mol. The zero-order valence-corrected chi connectivity index (χ0v) is 15.8. The molecule has 0 radical (unpaired) electrons. The Morgan fingerprint density at radius 1 is 0.929 bits per heavy atom. The van der Waals surface area contributed by atoms with Crippen molar-refractivity contribution in [1.82, 2.24) is 0 Å². The molecule has 0 spiro atoms. The molecular weight excluding hydrogens is 354 g/mol. The fraction of sp³-hybridized carbons (Fsp3) is 0.217. The molecule has 0 heterocycles. The van der Waals surface area contributed by atoms with E-state index in [2.05, 4.69) is 5.32 Å². The largest absolute Gasteiger partial charge is 0.483 e. The van der Waals surface area contributed by atoms with Crippen molar-refractivity contribution in [3.05, 3.63) is 72.3 Å². The lowest BCUT2D eigenvalue weighted by molar-refractivity contribution is -0.118. The molecule has 1 amide bonds. The zero-order valence-electron chi connectivity index (χ0n) is 15.8. The molecule has 3 rings (SSSR count). The van der Waals surface area contributed by atoms with Crippen molar-refractivity contribution in [3.63, 3.8) is 0 Å². The molecule has 0 aliphatic rings. The van der Waals surface area contributed by atoms with Crippen LogP contribution >= 0.6 is 0 Å². The SMILES string of the molecule is CCCCOC(=O)c1ccc(NC(=O)COc2cccc3ccccc23)cc1.